The van der Waals surface area contributed by atoms with Crippen LogP contribution in [0.15, 0.2) is 0 Å². The molecule has 0 spiro atoms. The molecule has 1 atom stereocenters. The summed E-state index contributed by atoms with van der Waals surface area (Å²) in [5, 5.41) is 16.8. The molecule has 0 amide bonds. The van der Waals surface area contributed by atoms with Crippen LogP contribution in [0.25, 0.3) is 0 Å². The molecule has 0 fully saturated rings. The zero-order valence-electron chi connectivity index (χ0n) is 5.28. The van der Waals surface area contributed by atoms with Crippen LogP contribution in [-0.4, -0.2) is 35.5 Å². The number of carbonyl (C=O) groups excluding carboxylic acids is 1. The fourth-order valence-corrected chi connectivity index (χ4v) is 0.266. The van der Waals surface area contributed by atoms with Gasteiger partial charge < -0.3 is 14.9 Å². The van der Waals surface area contributed by atoms with E-state index in [0.717, 1.165) is 0 Å². The van der Waals surface area contributed by atoms with Gasteiger partial charge in [-0.15, -0.1) is 6.42 Å². The SMILES string of the molecule is C#CC(=O)OCC(O)CO. The molecule has 10 heavy (non-hydrogen) atoms. The molecule has 0 saturated carbocycles. The van der Waals surface area contributed by atoms with Gasteiger partial charge in [0.25, 0.3) is 0 Å². The highest BCUT2D eigenvalue weighted by Gasteiger charge is 2.03. The number of terminal acetylenes is 1. The van der Waals surface area contributed by atoms with E-state index in [1.807, 2.05) is 0 Å². The minimum Gasteiger partial charge on any atom is -0.453 e. The van der Waals surface area contributed by atoms with Crippen molar-refractivity contribution in [1.29, 1.82) is 0 Å². The maximum atomic E-state index is 10.2. The van der Waals surface area contributed by atoms with Crippen LogP contribution in [0.3, 0.4) is 0 Å². The van der Waals surface area contributed by atoms with Crippen LogP contribution in [0.5, 0.6) is 0 Å². The zero-order chi connectivity index (χ0) is 7.98. The van der Waals surface area contributed by atoms with E-state index in [-0.39, 0.29) is 6.61 Å². The van der Waals surface area contributed by atoms with Crippen molar-refractivity contribution in [3.05, 3.63) is 0 Å². The summed E-state index contributed by atoms with van der Waals surface area (Å²) in [7, 11) is 0. The number of carbonyl (C=O) groups is 1. The summed E-state index contributed by atoms with van der Waals surface area (Å²) in [6.07, 6.45) is 3.59. The Balaban J connectivity index is 3.37. The second kappa shape index (κ2) is 4.79. The molecule has 0 aromatic carbocycles. The van der Waals surface area contributed by atoms with Gasteiger partial charge in [0.1, 0.15) is 12.7 Å². The Bertz CT molecular complexity index is 146. The molecule has 0 saturated heterocycles. The second-order valence-electron chi connectivity index (χ2n) is 1.58. The molecule has 0 aliphatic carbocycles. The average molecular weight is 144 g/mol. The summed E-state index contributed by atoms with van der Waals surface area (Å²) in [5.41, 5.74) is 0. The third-order valence-electron chi connectivity index (χ3n) is 0.735. The molecule has 4 nitrogen and oxygen atoms in total. The Morgan fingerprint density at radius 3 is 2.80 bits per heavy atom. The lowest BCUT2D eigenvalue weighted by molar-refractivity contribution is -0.140. The molecule has 0 aromatic heterocycles. The molecule has 4 heteroatoms. The van der Waals surface area contributed by atoms with Crippen molar-refractivity contribution in [3.8, 4) is 12.3 Å². The molecule has 0 heterocycles. The van der Waals surface area contributed by atoms with Gasteiger partial charge in [-0.25, -0.2) is 4.79 Å². The first kappa shape index (κ1) is 8.95. The minimum absolute atomic E-state index is 0.264. The Morgan fingerprint density at radius 1 is 1.80 bits per heavy atom. The van der Waals surface area contributed by atoms with Gasteiger partial charge in [0.15, 0.2) is 0 Å². The van der Waals surface area contributed by atoms with E-state index in [1.165, 1.54) is 0 Å². The standard InChI is InChI=1S/C6H8O4/c1-2-6(9)10-4-5(8)3-7/h1,5,7-8H,3-4H2. The first-order valence-corrected chi connectivity index (χ1v) is 2.63. The van der Waals surface area contributed by atoms with Crippen molar-refractivity contribution in [3.63, 3.8) is 0 Å². The molecule has 0 radical (unpaired) electrons. The van der Waals surface area contributed by atoms with Crippen LogP contribution in [0.1, 0.15) is 0 Å². The fourth-order valence-electron chi connectivity index (χ4n) is 0.266. The van der Waals surface area contributed by atoms with Gasteiger partial charge in [-0.3, -0.25) is 0 Å². The van der Waals surface area contributed by atoms with Gasteiger partial charge in [0.05, 0.1) is 6.61 Å². The number of esters is 1. The lowest BCUT2D eigenvalue weighted by Gasteiger charge is -2.04. The first-order valence-electron chi connectivity index (χ1n) is 2.63. The van der Waals surface area contributed by atoms with Crippen molar-refractivity contribution in [1.82, 2.24) is 0 Å². The van der Waals surface area contributed by atoms with Gasteiger partial charge in [-0.2, -0.15) is 0 Å². The predicted octanol–water partition coefficient (Wildman–Crippen LogP) is -1.48. The van der Waals surface area contributed by atoms with E-state index in [4.69, 9.17) is 10.2 Å². The van der Waals surface area contributed by atoms with E-state index in [2.05, 4.69) is 11.2 Å². The number of hydrogen-bond donors (Lipinski definition) is 2. The average Bonchev–Trinajstić information content (AvgIpc) is 1.99. The molecule has 0 aliphatic heterocycles. The summed E-state index contributed by atoms with van der Waals surface area (Å²) in [4.78, 5) is 10.2. The van der Waals surface area contributed by atoms with Crippen LogP contribution in [0.4, 0.5) is 0 Å². The van der Waals surface area contributed by atoms with Crippen LogP contribution in [-0.2, 0) is 9.53 Å². The van der Waals surface area contributed by atoms with Crippen LogP contribution in [0.2, 0.25) is 0 Å². The van der Waals surface area contributed by atoms with Gasteiger partial charge in [-0.1, -0.05) is 0 Å². The predicted molar refractivity (Wildman–Crippen MR) is 32.9 cm³/mol. The summed E-state index contributed by atoms with van der Waals surface area (Å²) in [5.74, 6) is 0.850. The van der Waals surface area contributed by atoms with E-state index in [9.17, 15) is 4.79 Å². The van der Waals surface area contributed by atoms with Crippen molar-refractivity contribution in [2.75, 3.05) is 13.2 Å². The van der Waals surface area contributed by atoms with Crippen LogP contribution in [0, 0.1) is 12.3 Å². The summed E-state index contributed by atoms with van der Waals surface area (Å²) in [6.45, 7) is -0.711. The topological polar surface area (TPSA) is 66.8 Å². The van der Waals surface area contributed by atoms with Crippen LogP contribution >= 0.6 is 0 Å². The summed E-state index contributed by atoms with van der Waals surface area (Å²) in [6, 6.07) is 0. The molecule has 0 rings (SSSR count). The Kier molecular flexibility index (Phi) is 4.29. The normalized spacial score (nSPS) is 11.7. The Labute approximate surface area is 58.4 Å². The largest absolute Gasteiger partial charge is 0.453 e. The van der Waals surface area contributed by atoms with Crippen molar-refractivity contribution >= 4 is 5.97 Å². The molecule has 0 bridgehead atoms. The quantitative estimate of drug-likeness (QED) is 0.288. The molecule has 1 unspecified atom stereocenters. The number of hydrogen-bond acceptors (Lipinski definition) is 4. The highest BCUT2D eigenvalue weighted by molar-refractivity contribution is 5.87. The molecular weight excluding hydrogens is 136 g/mol. The fraction of sp³-hybridized carbons (Fsp3) is 0.500. The van der Waals surface area contributed by atoms with E-state index in [0.29, 0.717) is 0 Å². The molecule has 0 aromatic rings. The van der Waals surface area contributed by atoms with Crippen molar-refractivity contribution in [2.45, 2.75) is 6.10 Å². The third kappa shape index (κ3) is 3.89. The maximum Gasteiger partial charge on any atom is 0.384 e. The number of aliphatic hydroxyl groups excluding tert-OH is 2. The third-order valence-corrected chi connectivity index (χ3v) is 0.735. The maximum absolute atomic E-state index is 10.2. The molecule has 2 N–H and O–H groups in total. The number of rotatable bonds is 3. The zero-order valence-corrected chi connectivity index (χ0v) is 5.28. The van der Waals surface area contributed by atoms with E-state index >= 15 is 0 Å². The van der Waals surface area contributed by atoms with Gasteiger partial charge >= 0.3 is 5.97 Å². The van der Waals surface area contributed by atoms with Crippen molar-refractivity contribution < 1.29 is 19.7 Å². The first-order chi connectivity index (χ1) is 4.70. The van der Waals surface area contributed by atoms with Gasteiger partial charge in [-0.05, 0) is 0 Å². The Morgan fingerprint density at radius 2 is 2.40 bits per heavy atom. The highest BCUT2D eigenvalue weighted by Crippen LogP contribution is 1.83. The Hall–Kier alpha value is -1.05. The van der Waals surface area contributed by atoms with Crippen molar-refractivity contribution in [2.24, 2.45) is 0 Å². The van der Waals surface area contributed by atoms with Crippen LogP contribution < -0.4 is 0 Å². The van der Waals surface area contributed by atoms with Gasteiger partial charge in [0, 0.05) is 5.92 Å². The van der Waals surface area contributed by atoms with E-state index < -0.39 is 18.7 Å². The smallest absolute Gasteiger partial charge is 0.384 e. The van der Waals surface area contributed by atoms with E-state index in [1.54, 1.807) is 5.92 Å². The molecule has 0 aliphatic rings. The molecule has 56 valence electrons. The lowest BCUT2D eigenvalue weighted by Crippen LogP contribution is -2.21. The number of ether oxygens (including phenoxy) is 1. The van der Waals surface area contributed by atoms with Gasteiger partial charge in [0.2, 0.25) is 0 Å². The molecular formula is C6H8O4. The number of aliphatic hydroxyl groups is 2. The lowest BCUT2D eigenvalue weighted by atomic mass is 10.4. The highest BCUT2D eigenvalue weighted by atomic mass is 16.5. The summed E-state index contributed by atoms with van der Waals surface area (Å²) >= 11 is 0. The summed E-state index contributed by atoms with van der Waals surface area (Å²) < 4.78 is 4.26. The second-order valence-corrected chi connectivity index (χ2v) is 1.58. The minimum atomic E-state index is -1.04. The monoisotopic (exact) mass is 144 g/mol.